The molecule has 0 aromatic heterocycles. The molecule has 1 saturated heterocycles. The second-order valence-corrected chi connectivity index (χ2v) is 6.82. The molecule has 1 spiro atoms. The minimum atomic E-state index is -0.142. The van der Waals surface area contributed by atoms with Crippen LogP contribution in [0.3, 0.4) is 0 Å². The van der Waals surface area contributed by atoms with E-state index in [2.05, 4.69) is 22.9 Å². The predicted molar refractivity (Wildman–Crippen MR) is 79.8 cm³/mol. The maximum absolute atomic E-state index is 12.0. The Morgan fingerprint density at radius 2 is 2.10 bits per heavy atom. The van der Waals surface area contributed by atoms with Gasteiger partial charge in [0.25, 0.3) is 0 Å². The molecule has 1 aliphatic carbocycles. The summed E-state index contributed by atoms with van der Waals surface area (Å²) in [5, 5.41) is 9.55. The van der Waals surface area contributed by atoms with Crippen molar-refractivity contribution in [1.82, 2.24) is 16.0 Å². The van der Waals surface area contributed by atoms with Crippen molar-refractivity contribution < 1.29 is 9.53 Å². The summed E-state index contributed by atoms with van der Waals surface area (Å²) in [5.41, 5.74) is -0.119. The van der Waals surface area contributed by atoms with Gasteiger partial charge in [-0.2, -0.15) is 0 Å². The number of carbonyl (C=O) groups is 1. The Morgan fingerprint density at radius 3 is 2.65 bits per heavy atom. The van der Waals surface area contributed by atoms with Crippen molar-refractivity contribution in [2.45, 2.75) is 70.1 Å². The lowest BCUT2D eigenvalue weighted by Crippen LogP contribution is -2.55. The highest BCUT2D eigenvalue weighted by Gasteiger charge is 2.38. The molecule has 0 aromatic carbocycles. The average molecular weight is 283 g/mol. The van der Waals surface area contributed by atoms with Gasteiger partial charge in [-0.05, 0) is 46.0 Å². The molecule has 2 amide bonds. The van der Waals surface area contributed by atoms with Gasteiger partial charge in [0.05, 0.1) is 12.2 Å². The largest absolute Gasteiger partial charge is 0.372 e. The van der Waals surface area contributed by atoms with Crippen molar-refractivity contribution in [1.29, 1.82) is 0 Å². The number of nitrogens with one attached hydrogen (secondary N) is 3. The highest BCUT2D eigenvalue weighted by molar-refractivity contribution is 5.75. The summed E-state index contributed by atoms with van der Waals surface area (Å²) in [5.74, 6) is 0. The van der Waals surface area contributed by atoms with Gasteiger partial charge in [-0.15, -0.1) is 0 Å². The molecule has 1 aliphatic heterocycles. The molecule has 20 heavy (non-hydrogen) atoms. The molecule has 2 aliphatic rings. The van der Waals surface area contributed by atoms with Gasteiger partial charge in [0.15, 0.2) is 0 Å². The molecular formula is C15H29N3O2. The first-order valence-corrected chi connectivity index (χ1v) is 7.88. The molecule has 3 N–H and O–H groups in total. The fourth-order valence-electron chi connectivity index (χ4n) is 2.93. The van der Waals surface area contributed by atoms with Gasteiger partial charge in [0.2, 0.25) is 0 Å². The van der Waals surface area contributed by atoms with Gasteiger partial charge in [0.1, 0.15) is 0 Å². The van der Waals surface area contributed by atoms with Crippen LogP contribution < -0.4 is 16.0 Å². The minimum absolute atomic E-state index is 0.0234. The van der Waals surface area contributed by atoms with Crippen LogP contribution >= 0.6 is 0 Å². The zero-order chi connectivity index (χ0) is 14.6. The molecule has 0 atom stereocenters. The van der Waals surface area contributed by atoms with E-state index in [4.69, 9.17) is 4.74 Å². The van der Waals surface area contributed by atoms with Crippen molar-refractivity contribution >= 4 is 6.03 Å². The fraction of sp³-hybridized carbons (Fsp3) is 0.933. The van der Waals surface area contributed by atoms with Crippen LogP contribution in [0.5, 0.6) is 0 Å². The van der Waals surface area contributed by atoms with Crippen LogP contribution in [0.4, 0.5) is 4.79 Å². The summed E-state index contributed by atoms with van der Waals surface area (Å²) in [6.07, 6.45) is 4.99. The van der Waals surface area contributed by atoms with Gasteiger partial charge < -0.3 is 20.7 Å². The van der Waals surface area contributed by atoms with E-state index in [9.17, 15) is 4.79 Å². The second kappa shape index (κ2) is 6.31. The number of hydrogen-bond donors (Lipinski definition) is 3. The minimum Gasteiger partial charge on any atom is -0.372 e. The Bertz CT molecular complexity index is 328. The lowest BCUT2D eigenvalue weighted by atomic mass is 9.81. The van der Waals surface area contributed by atoms with Gasteiger partial charge >= 0.3 is 6.03 Å². The molecule has 0 aromatic rings. The maximum atomic E-state index is 12.0. The Balaban J connectivity index is 1.75. The molecule has 0 bridgehead atoms. The lowest BCUT2D eigenvalue weighted by Gasteiger charge is -2.43. The summed E-state index contributed by atoms with van der Waals surface area (Å²) in [4.78, 5) is 12.0. The third kappa shape index (κ3) is 4.09. The van der Waals surface area contributed by atoms with Crippen LogP contribution in [-0.4, -0.2) is 42.9 Å². The van der Waals surface area contributed by atoms with Crippen molar-refractivity contribution in [2.24, 2.45) is 0 Å². The molecule has 1 saturated carbocycles. The Morgan fingerprint density at radius 1 is 1.40 bits per heavy atom. The van der Waals surface area contributed by atoms with E-state index in [1.54, 1.807) is 0 Å². The molecule has 2 fully saturated rings. The topological polar surface area (TPSA) is 62.4 Å². The monoisotopic (exact) mass is 283 g/mol. The Labute approximate surface area is 122 Å². The summed E-state index contributed by atoms with van der Waals surface area (Å²) in [6, 6.07) is 0.235. The van der Waals surface area contributed by atoms with E-state index in [0.717, 1.165) is 51.8 Å². The van der Waals surface area contributed by atoms with E-state index >= 15 is 0 Å². The SMILES string of the molecule is CCC(C)(C)NC(=O)NC1CCC2(CC1)CNCCO2. The Kier molecular flexibility index (Phi) is 4.91. The van der Waals surface area contributed by atoms with Crippen LogP contribution in [0, 0.1) is 0 Å². The smallest absolute Gasteiger partial charge is 0.315 e. The summed E-state index contributed by atoms with van der Waals surface area (Å²) < 4.78 is 5.97. The number of ether oxygens (including phenoxy) is 1. The molecule has 0 radical (unpaired) electrons. The van der Waals surface area contributed by atoms with Gasteiger partial charge in [-0.25, -0.2) is 4.79 Å². The number of urea groups is 1. The quantitative estimate of drug-likeness (QED) is 0.740. The molecular weight excluding hydrogens is 254 g/mol. The van der Waals surface area contributed by atoms with Gasteiger partial charge in [-0.1, -0.05) is 6.92 Å². The highest BCUT2D eigenvalue weighted by Crippen LogP contribution is 2.32. The van der Waals surface area contributed by atoms with Crippen molar-refractivity contribution in [3.8, 4) is 0 Å². The van der Waals surface area contributed by atoms with Crippen LogP contribution in [0.1, 0.15) is 52.9 Å². The van der Waals surface area contributed by atoms with Crippen molar-refractivity contribution in [3.63, 3.8) is 0 Å². The molecule has 116 valence electrons. The van der Waals surface area contributed by atoms with E-state index in [-0.39, 0.29) is 23.2 Å². The zero-order valence-electron chi connectivity index (χ0n) is 13.1. The van der Waals surface area contributed by atoms with Gasteiger partial charge in [-0.3, -0.25) is 0 Å². The number of morpholine rings is 1. The molecule has 1 heterocycles. The third-order valence-electron chi connectivity index (χ3n) is 4.70. The van der Waals surface area contributed by atoms with E-state index < -0.39 is 0 Å². The third-order valence-corrected chi connectivity index (χ3v) is 4.70. The van der Waals surface area contributed by atoms with Crippen LogP contribution in [0.15, 0.2) is 0 Å². The normalized spacial score (nSPS) is 31.1. The maximum Gasteiger partial charge on any atom is 0.315 e. The highest BCUT2D eigenvalue weighted by atomic mass is 16.5. The van der Waals surface area contributed by atoms with Crippen LogP contribution in [0.25, 0.3) is 0 Å². The van der Waals surface area contributed by atoms with E-state index in [1.165, 1.54) is 0 Å². The molecule has 5 heteroatoms. The summed E-state index contributed by atoms with van der Waals surface area (Å²) in [7, 11) is 0. The zero-order valence-corrected chi connectivity index (χ0v) is 13.1. The van der Waals surface area contributed by atoms with Crippen LogP contribution in [-0.2, 0) is 4.74 Å². The second-order valence-electron chi connectivity index (χ2n) is 6.82. The number of amides is 2. The number of rotatable bonds is 3. The van der Waals surface area contributed by atoms with Crippen molar-refractivity contribution in [3.05, 3.63) is 0 Å². The van der Waals surface area contributed by atoms with E-state index in [1.807, 2.05) is 13.8 Å². The first-order chi connectivity index (χ1) is 9.45. The molecule has 0 unspecified atom stereocenters. The number of hydrogen-bond acceptors (Lipinski definition) is 3. The Hall–Kier alpha value is -0.810. The van der Waals surface area contributed by atoms with Gasteiger partial charge in [0, 0.05) is 24.7 Å². The summed E-state index contributed by atoms with van der Waals surface area (Å²) >= 11 is 0. The first-order valence-electron chi connectivity index (χ1n) is 7.88. The lowest BCUT2D eigenvalue weighted by molar-refractivity contribution is -0.0907. The summed E-state index contributed by atoms with van der Waals surface area (Å²) in [6.45, 7) is 8.89. The standard InChI is InChI=1S/C15H29N3O2/c1-4-14(2,3)18-13(19)17-12-5-7-15(8-6-12)11-16-9-10-20-15/h12,16H,4-11H2,1-3H3,(H2,17,18,19). The average Bonchev–Trinajstić information content (AvgIpc) is 2.42. The molecule has 2 rings (SSSR count). The van der Waals surface area contributed by atoms with E-state index in [0.29, 0.717) is 0 Å². The first kappa shape index (κ1) is 15.6. The molecule has 5 nitrogen and oxygen atoms in total. The predicted octanol–water partition coefficient (Wildman–Crippen LogP) is 1.78. The fourth-order valence-corrected chi connectivity index (χ4v) is 2.93. The van der Waals surface area contributed by atoms with Crippen LogP contribution in [0.2, 0.25) is 0 Å². The van der Waals surface area contributed by atoms with Crippen molar-refractivity contribution in [2.75, 3.05) is 19.7 Å². The number of carbonyl (C=O) groups excluding carboxylic acids is 1.